The molecule has 2 saturated heterocycles. The summed E-state index contributed by atoms with van der Waals surface area (Å²) < 4.78 is 5.47. The molecule has 0 aliphatic carbocycles. The van der Waals surface area contributed by atoms with Crippen molar-refractivity contribution in [3.63, 3.8) is 0 Å². The molecule has 6 nitrogen and oxygen atoms in total. The Morgan fingerprint density at radius 3 is 3.00 bits per heavy atom. The summed E-state index contributed by atoms with van der Waals surface area (Å²) in [6.07, 6.45) is 4.72. The largest absolute Gasteiger partial charge is 0.381 e. The molecule has 0 saturated carbocycles. The molecule has 1 amide bonds. The average Bonchev–Trinajstić information content (AvgIpc) is 3.24. The van der Waals surface area contributed by atoms with E-state index in [0.717, 1.165) is 56.9 Å². The molecular formula is C20H24N4O2. The second-order valence-corrected chi connectivity index (χ2v) is 7.03. The van der Waals surface area contributed by atoms with Crippen LogP contribution >= 0.6 is 0 Å². The average molecular weight is 352 g/mol. The van der Waals surface area contributed by atoms with E-state index in [0.29, 0.717) is 5.92 Å². The lowest BCUT2D eigenvalue weighted by atomic mass is 9.96. The quantitative estimate of drug-likeness (QED) is 0.915. The highest BCUT2D eigenvalue weighted by molar-refractivity contribution is 5.94. The van der Waals surface area contributed by atoms with E-state index in [4.69, 9.17) is 4.74 Å². The Morgan fingerprint density at radius 1 is 1.23 bits per heavy atom. The molecule has 2 aliphatic rings. The minimum Gasteiger partial charge on any atom is -0.381 e. The number of ether oxygens (including phenoxy) is 1. The molecule has 2 fully saturated rings. The maximum absolute atomic E-state index is 12.7. The third-order valence-electron chi connectivity index (χ3n) is 5.19. The van der Waals surface area contributed by atoms with Gasteiger partial charge in [-0.05, 0) is 49.1 Å². The smallest absolute Gasteiger partial charge is 0.251 e. The van der Waals surface area contributed by atoms with Gasteiger partial charge in [-0.2, -0.15) is 5.10 Å². The van der Waals surface area contributed by atoms with Crippen molar-refractivity contribution in [2.24, 2.45) is 0 Å². The van der Waals surface area contributed by atoms with Crippen LogP contribution in [-0.4, -0.2) is 48.4 Å². The van der Waals surface area contributed by atoms with Crippen LogP contribution in [0.1, 0.15) is 41.1 Å². The maximum Gasteiger partial charge on any atom is 0.251 e. The molecule has 136 valence electrons. The van der Waals surface area contributed by atoms with Crippen LogP contribution in [0.25, 0.3) is 0 Å². The highest BCUT2D eigenvalue weighted by atomic mass is 16.5. The van der Waals surface area contributed by atoms with E-state index in [1.54, 1.807) is 6.20 Å². The first-order chi connectivity index (χ1) is 12.8. The van der Waals surface area contributed by atoms with Crippen molar-refractivity contribution in [3.05, 3.63) is 53.7 Å². The summed E-state index contributed by atoms with van der Waals surface area (Å²) in [7, 11) is 0. The zero-order valence-electron chi connectivity index (χ0n) is 14.8. The number of hydrogen-bond donors (Lipinski definition) is 1. The highest BCUT2D eigenvalue weighted by Crippen LogP contribution is 2.25. The van der Waals surface area contributed by atoms with Crippen LogP contribution in [-0.2, 0) is 4.74 Å². The van der Waals surface area contributed by atoms with Gasteiger partial charge >= 0.3 is 0 Å². The van der Waals surface area contributed by atoms with Crippen molar-refractivity contribution >= 4 is 11.7 Å². The number of amides is 1. The third-order valence-corrected chi connectivity index (χ3v) is 5.19. The van der Waals surface area contributed by atoms with Crippen LogP contribution in [0.4, 0.5) is 5.82 Å². The molecule has 1 aromatic carbocycles. The second-order valence-electron chi connectivity index (χ2n) is 7.03. The van der Waals surface area contributed by atoms with Gasteiger partial charge in [0, 0.05) is 43.4 Å². The Balaban J connectivity index is 1.40. The van der Waals surface area contributed by atoms with Gasteiger partial charge in [-0.15, -0.1) is 5.10 Å². The zero-order chi connectivity index (χ0) is 17.8. The standard InChI is InChI=1S/C20H24N4O2/c25-20(16-5-1-4-15(12-16)17-8-11-26-14-17)22-18-6-3-10-24(13-18)19-7-2-9-21-23-19/h1-2,4-5,7,9,12,17-18H,3,6,8,10-11,13-14H2,(H,22,25). The van der Waals surface area contributed by atoms with Crippen LogP contribution in [0, 0.1) is 0 Å². The van der Waals surface area contributed by atoms with E-state index in [2.05, 4.69) is 26.5 Å². The molecule has 2 unspecified atom stereocenters. The summed E-state index contributed by atoms with van der Waals surface area (Å²) >= 11 is 0. The highest BCUT2D eigenvalue weighted by Gasteiger charge is 2.24. The normalized spacial score (nSPS) is 23.0. The van der Waals surface area contributed by atoms with Crippen molar-refractivity contribution in [1.29, 1.82) is 0 Å². The van der Waals surface area contributed by atoms with E-state index in [9.17, 15) is 4.79 Å². The Kier molecular flexibility index (Phi) is 5.11. The van der Waals surface area contributed by atoms with E-state index < -0.39 is 0 Å². The van der Waals surface area contributed by atoms with Crippen molar-refractivity contribution in [1.82, 2.24) is 15.5 Å². The van der Waals surface area contributed by atoms with Crippen molar-refractivity contribution in [2.45, 2.75) is 31.2 Å². The molecule has 0 spiro atoms. The SMILES string of the molecule is O=C(NC1CCCN(c2cccnn2)C1)c1cccc(C2CCOC2)c1. The summed E-state index contributed by atoms with van der Waals surface area (Å²) in [4.78, 5) is 14.9. The summed E-state index contributed by atoms with van der Waals surface area (Å²) in [6.45, 7) is 3.27. The van der Waals surface area contributed by atoms with Crippen LogP contribution in [0.2, 0.25) is 0 Å². The topological polar surface area (TPSA) is 67.4 Å². The van der Waals surface area contributed by atoms with Crippen molar-refractivity contribution < 1.29 is 9.53 Å². The lowest BCUT2D eigenvalue weighted by molar-refractivity contribution is 0.0933. The number of anilines is 1. The lowest BCUT2D eigenvalue weighted by Gasteiger charge is -2.33. The van der Waals surface area contributed by atoms with Gasteiger partial charge in [0.1, 0.15) is 0 Å². The monoisotopic (exact) mass is 352 g/mol. The number of benzene rings is 1. The van der Waals surface area contributed by atoms with Gasteiger partial charge < -0.3 is 15.0 Å². The number of carbonyl (C=O) groups is 1. The molecule has 26 heavy (non-hydrogen) atoms. The van der Waals surface area contributed by atoms with E-state index >= 15 is 0 Å². The Hall–Kier alpha value is -2.47. The Bertz CT molecular complexity index is 746. The van der Waals surface area contributed by atoms with Gasteiger partial charge in [-0.3, -0.25) is 4.79 Å². The second kappa shape index (κ2) is 7.83. The number of carbonyl (C=O) groups excluding carboxylic acids is 1. The number of aromatic nitrogens is 2. The minimum atomic E-state index is -0.00300. The molecule has 2 aromatic rings. The fourth-order valence-electron chi connectivity index (χ4n) is 3.77. The van der Waals surface area contributed by atoms with Crippen molar-refractivity contribution in [2.75, 3.05) is 31.2 Å². The molecule has 1 N–H and O–H groups in total. The van der Waals surface area contributed by atoms with Gasteiger partial charge in [-0.1, -0.05) is 12.1 Å². The van der Waals surface area contributed by atoms with Crippen molar-refractivity contribution in [3.8, 4) is 0 Å². The first kappa shape index (κ1) is 17.0. The van der Waals surface area contributed by atoms with Crippen LogP contribution in [0.5, 0.6) is 0 Å². The summed E-state index contributed by atoms with van der Waals surface area (Å²) in [6, 6.07) is 11.9. The zero-order valence-corrected chi connectivity index (χ0v) is 14.8. The minimum absolute atomic E-state index is 0.00300. The molecule has 6 heteroatoms. The molecule has 2 aliphatic heterocycles. The number of rotatable bonds is 4. The van der Waals surface area contributed by atoms with Crippen LogP contribution in [0.3, 0.4) is 0 Å². The Morgan fingerprint density at radius 2 is 2.19 bits per heavy atom. The number of nitrogens with one attached hydrogen (secondary N) is 1. The van der Waals surface area contributed by atoms with Crippen LogP contribution < -0.4 is 10.2 Å². The maximum atomic E-state index is 12.7. The summed E-state index contributed by atoms with van der Waals surface area (Å²) in [5.41, 5.74) is 1.92. The molecule has 2 atom stereocenters. The van der Waals surface area contributed by atoms with Gasteiger partial charge in [0.2, 0.25) is 0 Å². The first-order valence-electron chi connectivity index (χ1n) is 9.31. The van der Waals surface area contributed by atoms with Gasteiger partial charge in [0.05, 0.1) is 6.61 Å². The van der Waals surface area contributed by atoms with Gasteiger partial charge in [0.25, 0.3) is 5.91 Å². The van der Waals surface area contributed by atoms with E-state index in [1.807, 2.05) is 30.3 Å². The summed E-state index contributed by atoms with van der Waals surface area (Å²) in [5.74, 6) is 1.27. The predicted molar refractivity (Wildman–Crippen MR) is 99.4 cm³/mol. The summed E-state index contributed by atoms with van der Waals surface area (Å²) in [5, 5.41) is 11.3. The Labute approximate surface area is 153 Å². The number of hydrogen-bond acceptors (Lipinski definition) is 5. The number of nitrogens with zero attached hydrogens (tertiary/aromatic N) is 3. The first-order valence-corrected chi connectivity index (χ1v) is 9.31. The molecular weight excluding hydrogens is 328 g/mol. The molecule has 0 radical (unpaired) electrons. The fraction of sp³-hybridized carbons (Fsp3) is 0.450. The van der Waals surface area contributed by atoms with Gasteiger partial charge in [0.15, 0.2) is 5.82 Å². The molecule has 0 bridgehead atoms. The predicted octanol–water partition coefficient (Wildman–Crippen LogP) is 2.38. The third kappa shape index (κ3) is 3.85. The van der Waals surface area contributed by atoms with Gasteiger partial charge in [-0.25, -0.2) is 0 Å². The fourth-order valence-corrected chi connectivity index (χ4v) is 3.77. The molecule has 1 aromatic heterocycles. The van der Waals surface area contributed by atoms with E-state index in [-0.39, 0.29) is 11.9 Å². The van der Waals surface area contributed by atoms with E-state index in [1.165, 1.54) is 5.56 Å². The van der Waals surface area contributed by atoms with Crippen LogP contribution in [0.15, 0.2) is 42.6 Å². The number of piperidine rings is 1. The lowest BCUT2D eigenvalue weighted by Crippen LogP contribution is -2.48. The molecule has 3 heterocycles. The molecule has 4 rings (SSSR count).